The van der Waals surface area contributed by atoms with Gasteiger partial charge in [0.15, 0.2) is 5.78 Å². The van der Waals surface area contributed by atoms with Crippen molar-refractivity contribution >= 4 is 23.4 Å². The Bertz CT molecular complexity index is 980. The summed E-state index contributed by atoms with van der Waals surface area (Å²) in [5.74, 6) is -0.885. The Kier molecular flexibility index (Phi) is 11.7. The van der Waals surface area contributed by atoms with Gasteiger partial charge in [-0.15, -0.1) is 0 Å². The monoisotopic (exact) mass is 491 g/mol. The summed E-state index contributed by atoms with van der Waals surface area (Å²) in [5, 5.41) is 0. The molecule has 0 bridgehead atoms. The Morgan fingerprint density at radius 2 is 1.89 bits per heavy atom. The molecule has 1 heterocycles. The Morgan fingerprint density at radius 1 is 1.14 bits per heavy atom. The summed E-state index contributed by atoms with van der Waals surface area (Å²) < 4.78 is 0. The molecule has 0 aromatic carbocycles. The maximum absolute atomic E-state index is 13.9. The van der Waals surface area contributed by atoms with Crippen molar-refractivity contribution in [2.75, 3.05) is 0 Å². The van der Waals surface area contributed by atoms with Crippen molar-refractivity contribution in [1.82, 2.24) is 4.98 Å². The molecule has 3 atom stereocenters. The number of allylic oxidation sites excluding steroid dienone is 5. The third kappa shape index (κ3) is 9.79. The first-order valence-corrected chi connectivity index (χ1v) is 13.5. The number of ketones is 3. The lowest BCUT2D eigenvalue weighted by molar-refractivity contribution is -0.140. The van der Waals surface area contributed by atoms with Crippen molar-refractivity contribution in [3.05, 3.63) is 59.5 Å². The standard InChI is InChI=1S/C32H45NO3/c1-23(2)16-17-26-21-25(4)13-9-11-24(3)12-10-15-29(34)30(35)27(22-32(5,6)31(26)36)18-19-28-14-7-8-20-33-28/h7-8,12,14,16,18-20,25-27H,9-11,13,15,17,21-22H2,1-6H3. The highest BCUT2D eigenvalue weighted by Crippen LogP contribution is 2.35. The smallest absolute Gasteiger partial charge is 0.205 e. The van der Waals surface area contributed by atoms with Crippen LogP contribution in [0.2, 0.25) is 0 Å². The van der Waals surface area contributed by atoms with Gasteiger partial charge in [0, 0.05) is 29.9 Å². The molecule has 1 aromatic rings. The zero-order valence-corrected chi connectivity index (χ0v) is 23.2. The highest BCUT2D eigenvalue weighted by molar-refractivity contribution is 6.38. The van der Waals surface area contributed by atoms with E-state index in [0.717, 1.165) is 37.8 Å². The first kappa shape index (κ1) is 29.6. The number of pyridine rings is 1. The van der Waals surface area contributed by atoms with E-state index >= 15 is 0 Å². The van der Waals surface area contributed by atoms with Crippen LogP contribution in [0.4, 0.5) is 0 Å². The summed E-state index contributed by atoms with van der Waals surface area (Å²) in [5.41, 5.74) is 2.46. The highest BCUT2D eigenvalue weighted by Gasteiger charge is 2.38. The summed E-state index contributed by atoms with van der Waals surface area (Å²) in [6, 6.07) is 5.58. The predicted molar refractivity (Wildman–Crippen MR) is 148 cm³/mol. The molecule has 196 valence electrons. The van der Waals surface area contributed by atoms with Gasteiger partial charge in [0.2, 0.25) is 5.78 Å². The van der Waals surface area contributed by atoms with E-state index in [9.17, 15) is 14.4 Å². The van der Waals surface area contributed by atoms with Crippen molar-refractivity contribution in [3.63, 3.8) is 0 Å². The third-order valence-corrected chi connectivity index (χ3v) is 7.20. The number of nitrogens with zero attached hydrogens (tertiary/aromatic N) is 1. The van der Waals surface area contributed by atoms with Gasteiger partial charge in [-0.2, -0.15) is 0 Å². The van der Waals surface area contributed by atoms with E-state index in [0.29, 0.717) is 18.8 Å². The quantitative estimate of drug-likeness (QED) is 0.319. The minimum atomic E-state index is -0.734. The van der Waals surface area contributed by atoms with E-state index in [2.05, 4.69) is 44.8 Å². The molecule has 36 heavy (non-hydrogen) atoms. The maximum Gasteiger partial charge on any atom is 0.205 e. The molecule has 0 spiro atoms. The van der Waals surface area contributed by atoms with Crippen LogP contribution in [0.5, 0.6) is 0 Å². The van der Waals surface area contributed by atoms with Crippen LogP contribution in [-0.4, -0.2) is 22.3 Å². The molecule has 1 aromatic heterocycles. The molecular formula is C32H45NO3. The van der Waals surface area contributed by atoms with E-state index in [1.807, 2.05) is 32.0 Å². The third-order valence-electron chi connectivity index (χ3n) is 7.20. The summed E-state index contributed by atoms with van der Waals surface area (Å²) >= 11 is 0. The fourth-order valence-corrected chi connectivity index (χ4v) is 5.04. The van der Waals surface area contributed by atoms with Gasteiger partial charge < -0.3 is 0 Å². The molecule has 4 nitrogen and oxygen atoms in total. The van der Waals surface area contributed by atoms with Gasteiger partial charge in [0.1, 0.15) is 5.78 Å². The summed E-state index contributed by atoms with van der Waals surface area (Å²) in [6.07, 6.45) is 15.3. The minimum Gasteiger partial charge on any atom is -0.299 e. The van der Waals surface area contributed by atoms with Crippen molar-refractivity contribution in [2.45, 2.75) is 92.9 Å². The van der Waals surface area contributed by atoms with Gasteiger partial charge in [0.25, 0.3) is 0 Å². The average molecular weight is 492 g/mol. The van der Waals surface area contributed by atoms with Crippen LogP contribution in [0.25, 0.3) is 6.08 Å². The normalized spacial score (nSPS) is 25.0. The molecule has 0 amide bonds. The number of hydrogen-bond acceptors (Lipinski definition) is 4. The van der Waals surface area contributed by atoms with Gasteiger partial charge in [-0.05, 0) is 83.4 Å². The lowest BCUT2D eigenvalue weighted by atomic mass is 9.71. The number of carbonyl (C=O) groups excluding carboxylic acids is 3. The lowest BCUT2D eigenvalue weighted by Gasteiger charge is -2.31. The Hall–Kier alpha value is -2.62. The first-order chi connectivity index (χ1) is 17.0. The second kappa shape index (κ2) is 14.2. The van der Waals surface area contributed by atoms with E-state index in [-0.39, 0.29) is 23.9 Å². The van der Waals surface area contributed by atoms with Crippen LogP contribution in [-0.2, 0) is 14.4 Å². The van der Waals surface area contributed by atoms with Gasteiger partial charge in [-0.1, -0.05) is 62.6 Å². The fourth-order valence-electron chi connectivity index (χ4n) is 5.04. The number of rotatable bonds is 4. The molecule has 0 saturated heterocycles. The van der Waals surface area contributed by atoms with Crippen molar-refractivity contribution in [3.8, 4) is 0 Å². The zero-order chi connectivity index (χ0) is 26.7. The highest BCUT2D eigenvalue weighted by atomic mass is 16.2. The molecule has 1 aliphatic rings. The van der Waals surface area contributed by atoms with E-state index < -0.39 is 17.1 Å². The van der Waals surface area contributed by atoms with Crippen LogP contribution >= 0.6 is 0 Å². The number of hydrogen-bond donors (Lipinski definition) is 0. The number of carbonyl (C=O) groups is 3. The van der Waals surface area contributed by atoms with E-state index in [1.165, 1.54) is 11.1 Å². The Balaban J connectivity index is 2.42. The molecule has 0 fully saturated rings. The molecule has 1 aliphatic carbocycles. The SMILES string of the molecule is CC(C)=CCC1CC(C)CCCC(C)=CCCC(=O)C(=O)C(C=Cc2ccccn2)CC(C)(C)C1=O. The molecule has 0 N–H and O–H groups in total. The second-order valence-corrected chi connectivity index (χ2v) is 11.5. The second-order valence-electron chi connectivity index (χ2n) is 11.5. The molecule has 0 aliphatic heterocycles. The summed E-state index contributed by atoms with van der Waals surface area (Å²) in [6.45, 7) is 12.3. The first-order valence-electron chi connectivity index (χ1n) is 13.5. The lowest BCUT2D eigenvalue weighted by Crippen LogP contribution is -2.36. The number of Topliss-reactive ketones (excluding diaryl/α,β-unsaturated/α-hetero) is 3. The summed E-state index contributed by atoms with van der Waals surface area (Å²) in [7, 11) is 0. The van der Waals surface area contributed by atoms with Gasteiger partial charge in [0.05, 0.1) is 5.69 Å². The summed E-state index contributed by atoms with van der Waals surface area (Å²) in [4.78, 5) is 44.4. The molecular weight excluding hydrogens is 446 g/mol. The largest absolute Gasteiger partial charge is 0.299 e. The van der Waals surface area contributed by atoms with Gasteiger partial charge in [-0.3, -0.25) is 19.4 Å². The minimum absolute atomic E-state index is 0.0966. The van der Waals surface area contributed by atoms with E-state index in [1.54, 1.807) is 18.3 Å². The van der Waals surface area contributed by atoms with Crippen molar-refractivity contribution in [2.24, 2.45) is 23.2 Å². The Labute approximate surface area is 218 Å². The average Bonchev–Trinajstić information content (AvgIpc) is 2.83. The van der Waals surface area contributed by atoms with Crippen LogP contribution in [0, 0.1) is 23.2 Å². The zero-order valence-electron chi connectivity index (χ0n) is 23.2. The van der Waals surface area contributed by atoms with Crippen molar-refractivity contribution in [1.29, 1.82) is 0 Å². The predicted octanol–water partition coefficient (Wildman–Crippen LogP) is 7.74. The Morgan fingerprint density at radius 3 is 2.56 bits per heavy atom. The van der Waals surface area contributed by atoms with Gasteiger partial charge >= 0.3 is 0 Å². The van der Waals surface area contributed by atoms with Crippen LogP contribution in [0.3, 0.4) is 0 Å². The maximum atomic E-state index is 13.9. The topological polar surface area (TPSA) is 64.1 Å². The molecule has 0 radical (unpaired) electrons. The van der Waals surface area contributed by atoms with Crippen LogP contribution < -0.4 is 0 Å². The van der Waals surface area contributed by atoms with Crippen molar-refractivity contribution < 1.29 is 14.4 Å². The number of aromatic nitrogens is 1. The molecule has 2 rings (SSSR count). The van der Waals surface area contributed by atoms with Crippen LogP contribution in [0.1, 0.15) is 98.6 Å². The van der Waals surface area contributed by atoms with Gasteiger partial charge in [-0.25, -0.2) is 0 Å². The fraction of sp³-hybridized carbons (Fsp3) is 0.562. The molecule has 0 saturated carbocycles. The van der Waals surface area contributed by atoms with E-state index in [4.69, 9.17) is 0 Å². The van der Waals surface area contributed by atoms with Crippen LogP contribution in [0.15, 0.2) is 53.8 Å². The molecule has 3 unspecified atom stereocenters. The molecule has 4 heteroatoms.